The first-order valence-electron chi connectivity index (χ1n) is 5.27. The van der Waals surface area contributed by atoms with Crippen LogP contribution in [0, 0.1) is 0 Å². The molecule has 0 aliphatic heterocycles. The molecule has 0 aromatic carbocycles. The van der Waals surface area contributed by atoms with Crippen LogP contribution in [0.3, 0.4) is 0 Å². The molecular formula is C12H22N2O. The van der Waals surface area contributed by atoms with Gasteiger partial charge in [0.1, 0.15) is 11.6 Å². The third-order valence-corrected chi connectivity index (χ3v) is 2.10. The van der Waals surface area contributed by atoms with Crippen molar-refractivity contribution in [1.82, 2.24) is 4.90 Å². The van der Waals surface area contributed by atoms with E-state index in [2.05, 4.69) is 11.9 Å². The largest absolute Gasteiger partial charge is 0.499 e. The van der Waals surface area contributed by atoms with Crippen molar-refractivity contribution in [1.29, 1.82) is 0 Å². The Morgan fingerprint density at radius 1 is 1.40 bits per heavy atom. The molecule has 0 N–H and O–H groups in total. The summed E-state index contributed by atoms with van der Waals surface area (Å²) < 4.78 is 5.15. The number of aliphatic imine (C=N–C) groups is 1. The van der Waals surface area contributed by atoms with Crippen molar-refractivity contribution in [2.24, 2.45) is 4.99 Å². The van der Waals surface area contributed by atoms with E-state index < -0.39 is 0 Å². The lowest BCUT2D eigenvalue weighted by atomic mass is 10.4. The maximum Gasteiger partial charge on any atom is 0.113 e. The maximum atomic E-state index is 5.15. The molecule has 0 saturated carbocycles. The van der Waals surface area contributed by atoms with Crippen LogP contribution in [0.1, 0.15) is 27.2 Å². The summed E-state index contributed by atoms with van der Waals surface area (Å²) in [6.07, 6.45) is 6.86. The van der Waals surface area contributed by atoms with Crippen LogP contribution in [0.2, 0.25) is 0 Å². The van der Waals surface area contributed by atoms with E-state index in [9.17, 15) is 0 Å². The molecule has 0 bridgehead atoms. The zero-order valence-corrected chi connectivity index (χ0v) is 10.4. The number of allylic oxidation sites excluding steroid dienone is 2. The molecule has 3 heteroatoms. The Morgan fingerprint density at radius 2 is 2.07 bits per heavy atom. The van der Waals surface area contributed by atoms with Gasteiger partial charge in [0, 0.05) is 19.7 Å². The summed E-state index contributed by atoms with van der Waals surface area (Å²) in [7, 11) is 3.68. The topological polar surface area (TPSA) is 24.8 Å². The van der Waals surface area contributed by atoms with Crippen LogP contribution in [-0.2, 0) is 4.74 Å². The Morgan fingerprint density at radius 3 is 2.47 bits per heavy atom. The molecule has 0 rings (SSSR count). The minimum Gasteiger partial charge on any atom is -0.499 e. The molecule has 0 aliphatic carbocycles. The third-order valence-electron chi connectivity index (χ3n) is 2.10. The van der Waals surface area contributed by atoms with Gasteiger partial charge in [-0.3, -0.25) is 4.99 Å². The fourth-order valence-electron chi connectivity index (χ4n) is 1.23. The van der Waals surface area contributed by atoms with E-state index in [-0.39, 0.29) is 0 Å². The van der Waals surface area contributed by atoms with Gasteiger partial charge >= 0.3 is 0 Å². The number of nitrogens with zero attached hydrogens (tertiary/aromatic N) is 2. The van der Waals surface area contributed by atoms with E-state index in [0.717, 1.165) is 18.0 Å². The van der Waals surface area contributed by atoms with E-state index >= 15 is 0 Å². The van der Waals surface area contributed by atoms with Crippen molar-refractivity contribution in [3.8, 4) is 0 Å². The summed E-state index contributed by atoms with van der Waals surface area (Å²) in [5.74, 6) is 1.96. The highest BCUT2D eigenvalue weighted by atomic mass is 16.5. The minimum atomic E-state index is 0.609. The fourth-order valence-corrected chi connectivity index (χ4v) is 1.23. The molecule has 0 aromatic rings. The van der Waals surface area contributed by atoms with Crippen LogP contribution in [-0.4, -0.2) is 31.4 Å². The lowest BCUT2D eigenvalue weighted by Gasteiger charge is -2.15. The molecule has 0 radical (unpaired) electrons. The molecule has 0 amide bonds. The molecule has 3 nitrogen and oxygen atoms in total. The molecule has 0 aliphatic rings. The van der Waals surface area contributed by atoms with Crippen LogP contribution in [0.25, 0.3) is 0 Å². The molecule has 0 unspecified atom stereocenters. The van der Waals surface area contributed by atoms with Gasteiger partial charge in [0.05, 0.1) is 13.7 Å². The van der Waals surface area contributed by atoms with Crippen LogP contribution in [0.15, 0.2) is 29.1 Å². The van der Waals surface area contributed by atoms with E-state index in [1.165, 1.54) is 0 Å². The summed E-state index contributed by atoms with van der Waals surface area (Å²) in [5.41, 5.74) is 0. The van der Waals surface area contributed by atoms with Gasteiger partial charge < -0.3 is 9.64 Å². The van der Waals surface area contributed by atoms with Crippen molar-refractivity contribution in [3.63, 3.8) is 0 Å². The van der Waals surface area contributed by atoms with Crippen molar-refractivity contribution in [3.05, 3.63) is 24.1 Å². The van der Waals surface area contributed by atoms with Gasteiger partial charge in [0.15, 0.2) is 0 Å². The van der Waals surface area contributed by atoms with Gasteiger partial charge in [-0.05, 0) is 19.9 Å². The van der Waals surface area contributed by atoms with Crippen LogP contribution < -0.4 is 0 Å². The lowest BCUT2D eigenvalue weighted by Crippen LogP contribution is -2.20. The molecule has 0 aromatic heterocycles. The van der Waals surface area contributed by atoms with Crippen LogP contribution >= 0.6 is 0 Å². The standard InChI is InChI=1S/C12H22N2O/c1-6-9-14(4)12(8-3)13-10-11(7-2)15-5/h6-7,9H,8,10H2,1-5H3. The van der Waals surface area contributed by atoms with Crippen LogP contribution in [0.5, 0.6) is 0 Å². The molecule has 15 heavy (non-hydrogen) atoms. The Labute approximate surface area is 93.1 Å². The molecular weight excluding hydrogens is 188 g/mol. The van der Waals surface area contributed by atoms with Crippen molar-refractivity contribution in [2.45, 2.75) is 27.2 Å². The Balaban J connectivity index is 4.46. The summed E-state index contributed by atoms with van der Waals surface area (Å²) in [5, 5.41) is 0. The smallest absolute Gasteiger partial charge is 0.113 e. The van der Waals surface area contributed by atoms with E-state index in [0.29, 0.717) is 6.54 Å². The Bertz CT molecular complexity index is 254. The molecule has 0 heterocycles. The Kier molecular flexibility index (Phi) is 7.42. The Hall–Kier alpha value is -1.25. The van der Waals surface area contributed by atoms with Gasteiger partial charge in [-0.1, -0.05) is 13.0 Å². The maximum absolute atomic E-state index is 5.15. The summed E-state index contributed by atoms with van der Waals surface area (Å²) in [6, 6.07) is 0. The summed E-state index contributed by atoms with van der Waals surface area (Å²) >= 11 is 0. The monoisotopic (exact) mass is 210 g/mol. The first-order valence-corrected chi connectivity index (χ1v) is 5.27. The third kappa shape index (κ3) is 5.25. The van der Waals surface area contributed by atoms with Crippen molar-refractivity contribution < 1.29 is 4.74 Å². The highest BCUT2D eigenvalue weighted by Gasteiger charge is 2.00. The first-order chi connectivity index (χ1) is 7.19. The number of ether oxygens (including phenoxy) is 1. The predicted octanol–water partition coefficient (Wildman–Crippen LogP) is 2.81. The second-order valence-corrected chi connectivity index (χ2v) is 3.14. The normalized spacial score (nSPS) is 13.4. The van der Waals surface area contributed by atoms with Crippen molar-refractivity contribution in [2.75, 3.05) is 20.7 Å². The van der Waals surface area contributed by atoms with E-state index in [4.69, 9.17) is 4.74 Å². The molecule has 86 valence electrons. The summed E-state index contributed by atoms with van der Waals surface area (Å²) in [6.45, 7) is 6.66. The average molecular weight is 210 g/mol. The van der Waals surface area contributed by atoms with Gasteiger partial charge in [-0.2, -0.15) is 0 Å². The fraction of sp³-hybridized carbons (Fsp3) is 0.583. The molecule has 0 atom stereocenters. The van der Waals surface area contributed by atoms with Gasteiger partial charge in [0.25, 0.3) is 0 Å². The highest BCUT2D eigenvalue weighted by Crippen LogP contribution is 2.00. The predicted molar refractivity (Wildman–Crippen MR) is 65.9 cm³/mol. The second-order valence-electron chi connectivity index (χ2n) is 3.14. The average Bonchev–Trinajstić information content (AvgIpc) is 2.25. The quantitative estimate of drug-likeness (QED) is 0.396. The second kappa shape index (κ2) is 8.09. The van der Waals surface area contributed by atoms with E-state index in [1.807, 2.05) is 44.1 Å². The number of methoxy groups -OCH3 is 1. The van der Waals surface area contributed by atoms with Gasteiger partial charge in [0.2, 0.25) is 0 Å². The van der Waals surface area contributed by atoms with Crippen molar-refractivity contribution >= 4 is 5.84 Å². The SMILES string of the molecule is CC=CN(C)C(CC)=NCC(=CC)OC. The number of rotatable bonds is 5. The molecule has 0 spiro atoms. The first kappa shape index (κ1) is 13.8. The number of hydrogen-bond donors (Lipinski definition) is 0. The minimum absolute atomic E-state index is 0.609. The number of amidine groups is 1. The lowest BCUT2D eigenvalue weighted by molar-refractivity contribution is 0.286. The van der Waals surface area contributed by atoms with Gasteiger partial charge in [-0.25, -0.2) is 0 Å². The highest BCUT2D eigenvalue weighted by molar-refractivity contribution is 5.82. The molecule has 0 fully saturated rings. The zero-order chi connectivity index (χ0) is 11.7. The van der Waals surface area contributed by atoms with Gasteiger partial charge in [-0.15, -0.1) is 0 Å². The van der Waals surface area contributed by atoms with Crippen LogP contribution in [0.4, 0.5) is 0 Å². The molecule has 0 saturated heterocycles. The van der Waals surface area contributed by atoms with E-state index in [1.54, 1.807) is 7.11 Å². The summed E-state index contributed by atoms with van der Waals surface area (Å²) in [4.78, 5) is 6.53. The zero-order valence-electron chi connectivity index (χ0n) is 10.4. The number of hydrogen-bond acceptors (Lipinski definition) is 2.